The smallest absolute Gasteiger partial charge is 0.323 e. The molecule has 1 aromatic rings. The van der Waals surface area contributed by atoms with Gasteiger partial charge in [-0.3, -0.25) is 4.79 Å². The van der Waals surface area contributed by atoms with Gasteiger partial charge >= 0.3 is 12.0 Å². The maximum Gasteiger partial charge on any atom is 0.323 e. The number of urea groups is 1. The Balaban J connectivity index is 2.37. The number of carbonyl (C=O) groups is 2. The first-order valence-electron chi connectivity index (χ1n) is 7.34. The van der Waals surface area contributed by atoms with Crippen molar-refractivity contribution in [3.63, 3.8) is 0 Å². The minimum absolute atomic E-state index is 0.0878. The molecule has 21 heavy (non-hydrogen) atoms. The molecule has 1 rings (SSSR count). The minimum Gasteiger partial charge on any atom is -0.480 e. The zero-order valence-electron chi connectivity index (χ0n) is 12.7. The van der Waals surface area contributed by atoms with Crippen molar-refractivity contribution in [2.24, 2.45) is 0 Å². The molecule has 0 fully saturated rings. The molecule has 0 aliphatic rings. The van der Waals surface area contributed by atoms with Gasteiger partial charge in [-0.25, -0.2) is 4.79 Å². The van der Waals surface area contributed by atoms with Crippen molar-refractivity contribution in [3.05, 3.63) is 35.9 Å². The van der Waals surface area contributed by atoms with Gasteiger partial charge < -0.3 is 15.3 Å². The maximum absolute atomic E-state index is 12.0. The Hall–Kier alpha value is -2.04. The summed E-state index contributed by atoms with van der Waals surface area (Å²) in [5, 5.41) is 11.7. The van der Waals surface area contributed by atoms with E-state index in [4.69, 9.17) is 5.11 Å². The van der Waals surface area contributed by atoms with Crippen LogP contribution in [0.1, 0.15) is 32.3 Å². The first-order chi connectivity index (χ1) is 10.0. The summed E-state index contributed by atoms with van der Waals surface area (Å²) in [4.78, 5) is 24.2. The quantitative estimate of drug-likeness (QED) is 0.723. The van der Waals surface area contributed by atoms with Crippen molar-refractivity contribution >= 4 is 12.0 Å². The van der Waals surface area contributed by atoms with E-state index >= 15 is 0 Å². The van der Waals surface area contributed by atoms with Gasteiger partial charge in [0.15, 0.2) is 0 Å². The number of amides is 2. The van der Waals surface area contributed by atoms with Gasteiger partial charge in [-0.15, -0.1) is 0 Å². The Labute approximate surface area is 126 Å². The van der Waals surface area contributed by atoms with Crippen LogP contribution in [0.4, 0.5) is 4.79 Å². The number of aryl methyl sites for hydroxylation is 1. The average molecular weight is 292 g/mol. The van der Waals surface area contributed by atoms with Crippen molar-refractivity contribution in [1.82, 2.24) is 10.2 Å². The summed E-state index contributed by atoms with van der Waals surface area (Å²) in [6, 6.07) is 9.67. The molecule has 0 heterocycles. The standard InChI is InChI=1S/C16H24N2O3/c1-3-13(2)18(12-15(19)20)16(21)17-11-7-10-14-8-5-4-6-9-14/h4-6,8-9,13H,3,7,10-12H2,1-2H3,(H,17,21)(H,19,20). The monoisotopic (exact) mass is 292 g/mol. The van der Waals surface area contributed by atoms with Crippen LogP contribution < -0.4 is 5.32 Å². The number of rotatable bonds is 8. The third kappa shape index (κ3) is 6.29. The van der Waals surface area contributed by atoms with E-state index in [9.17, 15) is 9.59 Å². The second-order valence-corrected chi connectivity index (χ2v) is 5.10. The van der Waals surface area contributed by atoms with E-state index in [1.807, 2.05) is 32.0 Å². The number of nitrogens with one attached hydrogen (secondary N) is 1. The predicted molar refractivity (Wildman–Crippen MR) is 82.3 cm³/mol. The first-order valence-corrected chi connectivity index (χ1v) is 7.34. The topological polar surface area (TPSA) is 69.6 Å². The lowest BCUT2D eigenvalue weighted by molar-refractivity contribution is -0.138. The van der Waals surface area contributed by atoms with Gasteiger partial charge in [0.2, 0.25) is 0 Å². The lowest BCUT2D eigenvalue weighted by Gasteiger charge is -2.27. The molecule has 116 valence electrons. The van der Waals surface area contributed by atoms with Crippen LogP contribution >= 0.6 is 0 Å². The van der Waals surface area contributed by atoms with E-state index in [1.165, 1.54) is 10.5 Å². The number of benzene rings is 1. The Bertz CT molecular complexity index is 448. The summed E-state index contributed by atoms with van der Waals surface area (Å²) in [6.07, 6.45) is 2.45. The van der Waals surface area contributed by atoms with Crippen LogP contribution in [0.2, 0.25) is 0 Å². The fourth-order valence-corrected chi connectivity index (χ4v) is 2.03. The van der Waals surface area contributed by atoms with Crippen LogP contribution in [-0.2, 0) is 11.2 Å². The van der Waals surface area contributed by atoms with Crippen LogP contribution in [0.3, 0.4) is 0 Å². The number of carboxylic acids is 1. The Morgan fingerprint density at radius 1 is 1.29 bits per heavy atom. The highest BCUT2D eigenvalue weighted by Gasteiger charge is 2.20. The molecule has 2 N–H and O–H groups in total. The molecule has 0 saturated heterocycles. The molecule has 0 aliphatic carbocycles. The molecule has 0 saturated carbocycles. The van der Waals surface area contributed by atoms with Crippen LogP contribution in [0.25, 0.3) is 0 Å². The SMILES string of the molecule is CCC(C)N(CC(=O)O)C(=O)NCCCc1ccccc1. The summed E-state index contributed by atoms with van der Waals surface area (Å²) < 4.78 is 0. The van der Waals surface area contributed by atoms with E-state index in [0.29, 0.717) is 6.54 Å². The molecule has 0 aliphatic heterocycles. The molecular weight excluding hydrogens is 268 g/mol. The lowest BCUT2D eigenvalue weighted by Crippen LogP contribution is -2.47. The molecule has 0 radical (unpaired) electrons. The predicted octanol–water partition coefficient (Wildman–Crippen LogP) is 2.51. The van der Waals surface area contributed by atoms with Gasteiger partial charge in [0.1, 0.15) is 6.54 Å². The molecule has 5 heteroatoms. The second kappa shape index (κ2) is 9.00. The number of carbonyl (C=O) groups excluding carboxylic acids is 1. The average Bonchev–Trinajstić information content (AvgIpc) is 2.49. The van der Waals surface area contributed by atoms with Gasteiger partial charge in [0.05, 0.1) is 0 Å². The van der Waals surface area contributed by atoms with Crippen molar-refractivity contribution in [2.75, 3.05) is 13.1 Å². The maximum atomic E-state index is 12.0. The zero-order valence-corrected chi connectivity index (χ0v) is 12.7. The number of hydrogen-bond acceptors (Lipinski definition) is 2. The molecule has 0 spiro atoms. The number of hydrogen-bond donors (Lipinski definition) is 2. The summed E-state index contributed by atoms with van der Waals surface area (Å²) in [6.45, 7) is 4.06. The molecule has 0 bridgehead atoms. The van der Waals surface area contributed by atoms with Gasteiger partial charge in [0, 0.05) is 12.6 Å². The molecule has 1 atom stereocenters. The van der Waals surface area contributed by atoms with Gasteiger partial charge in [0.25, 0.3) is 0 Å². The second-order valence-electron chi connectivity index (χ2n) is 5.10. The lowest BCUT2D eigenvalue weighted by atomic mass is 10.1. The molecule has 0 aromatic heterocycles. The van der Waals surface area contributed by atoms with Crippen molar-refractivity contribution in [1.29, 1.82) is 0 Å². The summed E-state index contributed by atoms with van der Waals surface area (Å²) >= 11 is 0. The van der Waals surface area contributed by atoms with Crippen molar-refractivity contribution in [2.45, 2.75) is 39.2 Å². The third-order valence-corrected chi connectivity index (χ3v) is 3.45. The highest BCUT2D eigenvalue weighted by atomic mass is 16.4. The molecule has 2 amide bonds. The van der Waals surface area contributed by atoms with E-state index in [1.54, 1.807) is 0 Å². The van der Waals surface area contributed by atoms with E-state index in [-0.39, 0.29) is 18.6 Å². The fraction of sp³-hybridized carbons (Fsp3) is 0.500. The van der Waals surface area contributed by atoms with Crippen LogP contribution in [0.5, 0.6) is 0 Å². The normalized spacial score (nSPS) is 11.7. The molecule has 1 aromatic carbocycles. The first kappa shape index (κ1) is 17.0. The Morgan fingerprint density at radius 3 is 2.52 bits per heavy atom. The number of nitrogens with zero attached hydrogens (tertiary/aromatic N) is 1. The van der Waals surface area contributed by atoms with Crippen LogP contribution in [0, 0.1) is 0 Å². The van der Waals surface area contributed by atoms with Gasteiger partial charge in [-0.1, -0.05) is 37.3 Å². The highest BCUT2D eigenvalue weighted by molar-refractivity contribution is 5.80. The van der Waals surface area contributed by atoms with E-state index < -0.39 is 5.97 Å². The van der Waals surface area contributed by atoms with Crippen molar-refractivity contribution < 1.29 is 14.7 Å². The largest absolute Gasteiger partial charge is 0.480 e. The highest BCUT2D eigenvalue weighted by Crippen LogP contribution is 2.05. The molecule has 1 unspecified atom stereocenters. The third-order valence-electron chi connectivity index (χ3n) is 3.45. The molecule has 5 nitrogen and oxygen atoms in total. The van der Waals surface area contributed by atoms with Crippen molar-refractivity contribution in [3.8, 4) is 0 Å². The summed E-state index contributed by atoms with van der Waals surface area (Å²) in [5.74, 6) is -0.991. The number of carboxylic acid groups (broad SMARTS) is 1. The Kier molecular flexibility index (Phi) is 7.29. The number of aliphatic carboxylic acids is 1. The van der Waals surface area contributed by atoms with Gasteiger partial charge in [-0.2, -0.15) is 0 Å². The fourth-order valence-electron chi connectivity index (χ4n) is 2.03. The summed E-state index contributed by atoms with van der Waals surface area (Å²) in [7, 11) is 0. The minimum atomic E-state index is -0.991. The Morgan fingerprint density at radius 2 is 1.95 bits per heavy atom. The van der Waals surface area contributed by atoms with Crippen LogP contribution in [-0.4, -0.2) is 41.1 Å². The summed E-state index contributed by atoms with van der Waals surface area (Å²) in [5.41, 5.74) is 1.23. The van der Waals surface area contributed by atoms with E-state index in [0.717, 1.165) is 19.3 Å². The van der Waals surface area contributed by atoms with E-state index in [2.05, 4.69) is 17.4 Å². The zero-order chi connectivity index (χ0) is 15.7. The molecular formula is C16H24N2O3. The van der Waals surface area contributed by atoms with Gasteiger partial charge in [-0.05, 0) is 31.7 Å². The van der Waals surface area contributed by atoms with Crippen LogP contribution in [0.15, 0.2) is 30.3 Å².